The molecule has 0 radical (unpaired) electrons. The van der Waals surface area contributed by atoms with Gasteiger partial charge in [0.25, 0.3) is 0 Å². The van der Waals surface area contributed by atoms with Gasteiger partial charge in [-0.1, -0.05) is 39.0 Å². The number of rotatable bonds is 38. The molecule has 0 spiro atoms. The van der Waals surface area contributed by atoms with E-state index in [0.29, 0.717) is 0 Å². The van der Waals surface area contributed by atoms with E-state index in [1.807, 2.05) is 0 Å². The molecule has 1 nitrogen and oxygen atoms in total. The molecular formula is C42H93ClNP. The fourth-order valence-electron chi connectivity index (χ4n) is 7.64. The Labute approximate surface area is 295 Å². The van der Waals surface area contributed by atoms with Gasteiger partial charge in [-0.05, 0) is 0 Å². The zero-order valence-electron chi connectivity index (χ0n) is 32.5. The molecule has 0 aliphatic rings. The van der Waals surface area contributed by atoms with Crippen LogP contribution < -0.4 is 6.15 Å². The standard InChI is InChI=1S/C42H89P.ClH.H3N/c1-5-9-13-17-21-22-23-24-25-26-27-28-29-30-34-38-42-43(39-35-31-18-14-10-6-2,40-36-32-19-15-11-7-3)41-37-33-20-16-12-8-4;;/h43H,5-42H2,1-4H3;1H;1H3. The van der Waals surface area contributed by atoms with Crippen molar-refractivity contribution in [3.8, 4) is 0 Å². The number of unbranched alkanes of at least 4 members (excludes halogenated alkanes) is 30. The van der Waals surface area contributed by atoms with Crippen LogP contribution in [0.4, 0.5) is 0 Å². The SMILES string of the molecule is CCCCCCCCCCCCCCCCCC[PH](CCCCCCCC)(CCCCCCCC)CCCCCCCC.Cl.N. The van der Waals surface area contributed by atoms with Crippen molar-refractivity contribution in [3.05, 3.63) is 0 Å². The van der Waals surface area contributed by atoms with Gasteiger partial charge in [0.15, 0.2) is 0 Å². The molecule has 0 atom stereocenters. The molecule has 0 fully saturated rings. The molecule has 278 valence electrons. The fraction of sp³-hybridized carbons (Fsp3) is 1.00. The summed E-state index contributed by atoms with van der Waals surface area (Å²) in [5.41, 5.74) is 0. The van der Waals surface area contributed by atoms with Crippen LogP contribution in [0.1, 0.15) is 246 Å². The summed E-state index contributed by atoms with van der Waals surface area (Å²) >= 11 is 0. The molecule has 45 heavy (non-hydrogen) atoms. The topological polar surface area (TPSA) is 35.0 Å². The van der Waals surface area contributed by atoms with Crippen molar-refractivity contribution >= 4 is 19.7 Å². The Morgan fingerprint density at radius 1 is 0.222 bits per heavy atom. The van der Waals surface area contributed by atoms with Crippen LogP contribution in [-0.2, 0) is 0 Å². The van der Waals surface area contributed by atoms with Gasteiger partial charge in [0, 0.05) is 0 Å². The van der Waals surface area contributed by atoms with Gasteiger partial charge in [-0.2, -0.15) is 0 Å². The van der Waals surface area contributed by atoms with Gasteiger partial charge >= 0.3 is 239 Å². The first-order valence-corrected chi connectivity index (χ1v) is 24.1. The van der Waals surface area contributed by atoms with Gasteiger partial charge in [0.1, 0.15) is 0 Å². The van der Waals surface area contributed by atoms with Crippen LogP contribution in [0.3, 0.4) is 0 Å². The molecule has 0 saturated heterocycles. The zero-order chi connectivity index (χ0) is 31.4. The summed E-state index contributed by atoms with van der Waals surface area (Å²) in [5, 5.41) is 0. The van der Waals surface area contributed by atoms with Crippen LogP contribution in [0.5, 0.6) is 0 Å². The van der Waals surface area contributed by atoms with Crippen molar-refractivity contribution in [1.29, 1.82) is 0 Å². The third kappa shape index (κ3) is 37.4. The Hall–Kier alpha value is 0.680. The average molecular weight is 679 g/mol. The first kappa shape index (κ1) is 50.1. The minimum atomic E-state index is -1.11. The molecule has 3 N–H and O–H groups in total. The molecule has 0 aromatic heterocycles. The summed E-state index contributed by atoms with van der Waals surface area (Å²) < 4.78 is 0. The molecule has 0 bridgehead atoms. The summed E-state index contributed by atoms with van der Waals surface area (Å²) in [5.74, 6) is 0. The van der Waals surface area contributed by atoms with Gasteiger partial charge in [-0.15, -0.1) is 12.4 Å². The van der Waals surface area contributed by atoms with Gasteiger partial charge in [0.2, 0.25) is 0 Å². The number of hydrogen-bond acceptors (Lipinski definition) is 1. The summed E-state index contributed by atoms with van der Waals surface area (Å²) in [6.07, 6.45) is 57.4. The minimum Gasteiger partial charge on any atom is -0.344 e. The third-order valence-corrected chi connectivity index (χ3v) is 16.4. The summed E-state index contributed by atoms with van der Waals surface area (Å²) in [4.78, 5) is 0. The van der Waals surface area contributed by atoms with E-state index in [1.54, 1.807) is 50.3 Å². The number of halogens is 1. The van der Waals surface area contributed by atoms with E-state index in [9.17, 15) is 0 Å². The second-order valence-electron chi connectivity index (χ2n) is 15.1. The predicted octanol–water partition coefficient (Wildman–Crippen LogP) is 16.7. The summed E-state index contributed by atoms with van der Waals surface area (Å²) in [7, 11) is -1.11. The fourth-order valence-corrected chi connectivity index (χ4v) is 13.1. The molecule has 0 aromatic rings. The van der Waals surface area contributed by atoms with E-state index in [4.69, 9.17) is 0 Å². The smallest absolute Gasteiger partial charge is 0.147 e. The maximum absolute atomic E-state index is 2.36. The van der Waals surface area contributed by atoms with Crippen molar-refractivity contribution in [1.82, 2.24) is 6.15 Å². The van der Waals surface area contributed by atoms with Crippen LogP contribution in [0, 0.1) is 0 Å². The van der Waals surface area contributed by atoms with Crippen LogP contribution in [0.2, 0.25) is 0 Å². The molecule has 0 amide bonds. The Bertz CT molecular complexity index is 458. The monoisotopic (exact) mass is 678 g/mol. The third-order valence-electron chi connectivity index (χ3n) is 10.7. The Balaban J connectivity index is -0.00000882. The summed E-state index contributed by atoms with van der Waals surface area (Å²) in [6.45, 7) is 9.39. The molecule has 0 saturated carbocycles. The van der Waals surface area contributed by atoms with E-state index in [-0.39, 0.29) is 18.6 Å². The van der Waals surface area contributed by atoms with Gasteiger partial charge in [0.05, 0.1) is 0 Å². The Kier molecular flexibility index (Phi) is 47.5. The first-order valence-electron chi connectivity index (χ1n) is 21.2. The average Bonchev–Trinajstić information content (AvgIpc) is 3.02. The van der Waals surface area contributed by atoms with Crippen molar-refractivity contribution in [3.63, 3.8) is 0 Å². The molecule has 3 heteroatoms. The Morgan fingerprint density at radius 3 is 0.511 bits per heavy atom. The molecule has 0 heterocycles. The molecule has 0 aliphatic heterocycles. The zero-order valence-corrected chi connectivity index (χ0v) is 34.3. The van der Waals surface area contributed by atoms with Crippen molar-refractivity contribution < 1.29 is 0 Å². The maximum Gasteiger partial charge on any atom is -0.147 e. The number of hydrogen-bond donors (Lipinski definition) is 1. The van der Waals surface area contributed by atoms with Crippen LogP contribution in [0.25, 0.3) is 0 Å². The van der Waals surface area contributed by atoms with Crippen molar-refractivity contribution in [2.45, 2.75) is 246 Å². The normalized spacial score (nSPS) is 11.8. The van der Waals surface area contributed by atoms with Gasteiger partial charge in [-0.3, -0.25) is 0 Å². The molecule has 0 rings (SSSR count). The van der Waals surface area contributed by atoms with Crippen LogP contribution in [0.15, 0.2) is 0 Å². The second-order valence-corrected chi connectivity index (χ2v) is 20.1. The first-order chi connectivity index (χ1) is 21.2. The second kappa shape index (κ2) is 42.7. The quantitative estimate of drug-likeness (QED) is 0.0512. The van der Waals surface area contributed by atoms with E-state index < -0.39 is 7.26 Å². The van der Waals surface area contributed by atoms with Crippen LogP contribution >= 0.6 is 19.7 Å². The van der Waals surface area contributed by atoms with E-state index in [2.05, 4.69) is 27.7 Å². The summed E-state index contributed by atoms with van der Waals surface area (Å²) in [6, 6.07) is 0. The molecule has 0 aromatic carbocycles. The van der Waals surface area contributed by atoms with E-state index in [0.717, 1.165) is 0 Å². The Morgan fingerprint density at radius 2 is 0.356 bits per heavy atom. The van der Waals surface area contributed by atoms with Crippen molar-refractivity contribution in [2.75, 3.05) is 24.6 Å². The van der Waals surface area contributed by atoms with Crippen molar-refractivity contribution in [2.24, 2.45) is 0 Å². The van der Waals surface area contributed by atoms with Gasteiger partial charge in [-0.25, -0.2) is 0 Å². The maximum atomic E-state index is 2.36. The van der Waals surface area contributed by atoms with E-state index >= 15 is 0 Å². The molecule has 0 unspecified atom stereocenters. The largest absolute Gasteiger partial charge is 0.344 e. The predicted molar refractivity (Wildman–Crippen MR) is 220 cm³/mol. The minimum absolute atomic E-state index is 0. The van der Waals surface area contributed by atoms with Crippen LogP contribution in [-0.4, -0.2) is 24.6 Å². The molecular weight excluding hydrogens is 585 g/mol. The molecule has 0 aliphatic carbocycles. The van der Waals surface area contributed by atoms with Gasteiger partial charge < -0.3 is 6.15 Å². The van der Waals surface area contributed by atoms with E-state index in [1.165, 1.54) is 193 Å².